The molecule has 0 amide bonds. The molecular formula is C12H25N. The second-order valence-corrected chi connectivity index (χ2v) is 4.59. The summed E-state index contributed by atoms with van der Waals surface area (Å²) in [6.45, 7) is 6.89. The third kappa shape index (κ3) is 4.12. The second kappa shape index (κ2) is 5.64. The predicted octanol–water partition coefficient (Wildman–Crippen LogP) is 3.35. The predicted molar refractivity (Wildman–Crippen MR) is 59.0 cm³/mol. The van der Waals surface area contributed by atoms with Gasteiger partial charge in [0.1, 0.15) is 0 Å². The first-order chi connectivity index (χ1) is 6.33. The molecule has 0 bridgehead atoms. The number of hydrogen-bond donors (Lipinski definition) is 1. The van der Waals surface area contributed by atoms with Crippen molar-refractivity contribution in [3.63, 3.8) is 0 Å². The zero-order valence-electron chi connectivity index (χ0n) is 9.36. The summed E-state index contributed by atoms with van der Waals surface area (Å²) in [5, 5.41) is 3.49. The van der Waals surface area contributed by atoms with Gasteiger partial charge >= 0.3 is 0 Å². The van der Waals surface area contributed by atoms with Gasteiger partial charge in [-0.2, -0.15) is 0 Å². The summed E-state index contributed by atoms with van der Waals surface area (Å²) in [5.41, 5.74) is 0.740. The van der Waals surface area contributed by atoms with Crippen molar-refractivity contribution in [1.82, 2.24) is 5.32 Å². The molecule has 1 fully saturated rings. The molecule has 1 rings (SSSR count). The van der Waals surface area contributed by atoms with Crippen LogP contribution in [0.2, 0.25) is 0 Å². The van der Waals surface area contributed by atoms with Crippen LogP contribution >= 0.6 is 0 Å². The fourth-order valence-corrected chi connectivity index (χ4v) is 2.01. The average Bonchev–Trinajstić information content (AvgIpc) is 2.91. The first-order valence-electron chi connectivity index (χ1n) is 6.04. The molecule has 13 heavy (non-hydrogen) atoms. The van der Waals surface area contributed by atoms with Gasteiger partial charge in [0, 0.05) is 6.54 Å². The van der Waals surface area contributed by atoms with E-state index in [2.05, 4.69) is 19.2 Å². The molecule has 0 aromatic heterocycles. The largest absolute Gasteiger partial charge is 0.316 e. The summed E-state index contributed by atoms with van der Waals surface area (Å²) in [7, 11) is 0. The summed E-state index contributed by atoms with van der Waals surface area (Å²) < 4.78 is 0. The van der Waals surface area contributed by atoms with E-state index in [0.29, 0.717) is 0 Å². The maximum absolute atomic E-state index is 3.49. The van der Waals surface area contributed by atoms with Crippen LogP contribution < -0.4 is 5.32 Å². The van der Waals surface area contributed by atoms with E-state index in [9.17, 15) is 0 Å². The number of hydrogen-bond acceptors (Lipinski definition) is 1. The van der Waals surface area contributed by atoms with Crippen molar-refractivity contribution in [3.05, 3.63) is 0 Å². The zero-order chi connectivity index (χ0) is 9.57. The van der Waals surface area contributed by atoms with Gasteiger partial charge in [0.05, 0.1) is 0 Å². The Morgan fingerprint density at radius 3 is 2.38 bits per heavy atom. The zero-order valence-corrected chi connectivity index (χ0v) is 9.36. The third-order valence-corrected chi connectivity index (χ3v) is 3.27. The Labute approximate surface area is 83.3 Å². The van der Waals surface area contributed by atoms with Crippen LogP contribution in [-0.2, 0) is 0 Å². The molecule has 0 spiro atoms. The third-order valence-electron chi connectivity index (χ3n) is 3.27. The SMILES string of the molecule is CCCCCCC1(CNCC)CC1. The lowest BCUT2D eigenvalue weighted by Gasteiger charge is -2.14. The minimum atomic E-state index is 0.740. The van der Waals surface area contributed by atoms with E-state index in [0.717, 1.165) is 12.0 Å². The molecule has 0 saturated heterocycles. The molecule has 1 heteroatoms. The van der Waals surface area contributed by atoms with Crippen molar-refractivity contribution in [2.75, 3.05) is 13.1 Å². The van der Waals surface area contributed by atoms with Crippen LogP contribution in [0.3, 0.4) is 0 Å². The Balaban J connectivity index is 1.99. The van der Waals surface area contributed by atoms with Gasteiger partial charge in [0.2, 0.25) is 0 Å². The summed E-state index contributed by atoms with van der Waals surface area (Å²) in [6.07, 6.45) is 10.1. The number of nitrogens with one attached hydrogen (secondary N) is 1. The molecule has 78 valence electrons. The summed E-state index contributed by atoms with van der Waals surface area (Å²) in [4.78, 5) is 0. The van der Waals surface area contributed by atoms with Gasteiger partial charge in [-0.05, 0) is 31.2 Å². The molecule has 0 unspecified atom stereocenters. The van der Waals surface area contributed by atoms with Gasteiger partial charge in [0.15, 0.2) is 0 Å². The highest BCUT2D eigenvalue weighted by molar-refractivity contribution is 4.94. The highest BCUT2D eigenvalue weighted by atomic mass is 14.9. The Morgan fingerprint density at radius 1 is 1.08 bits per heavy atom. The van der Waals surface area contributed by atoms with Crippen LogP contribution in [0.5, 0.6) is 0 Å². The van der Waals surface area contributed by atoms with Crippen LogP contribution in [0.4, 0.5) is 0 Å². The number of unbranched alkanes of at least 4 members (excludes halogenated alkanes) is 3. The molecule has 0 atom stereocenters. The molecule has 1 nitrogen and oxygen atoms in total. The lowest BCUT2D eigenvalue weighted by atomic mass is 9.98. The second-order valence-electron chi connectivity index (χ2n) is 4.59. The molecule has 0 aliphatic heterocycles. The topological polar surface area (TPSA) is 12.0 Å². The van der Waals surface area contributed by atoms with Crippen molar-refractivity contribution in [1.29, 1.82) is 0 Å². The molecule has 0 aromatic carbocycles. The van der Waals surface area contributed by atoms with Crippen molar-refractivity contribution in [3.8, 4) is 0 Å². The molecular weight excluding hydrogens is 158 g/mol. The Hall–Kier alpha value is -0.0400. The van der Waals surface area contributed by atoms with Gasteiger partial charge in [-0.25, -0.2) is 0 Å². The Bertz CT molecular complexity index is 127. The van der Waals surface area contributed by atoms with Gasteiger partial charge in [0.25, 0.3) is 0 Å². The van der Waals surface area contributed by atoms with E-state index >= 15 is 0 Å². The smallest absolute Gasteiger partial charge is 0.000770 e. The Kier molecular flexibility index (Phi) is 4.79. The average molecular weight is 183 g/mol. The van der Waals surface area contributed by atoms with E-state index in [1.165, 1.54) is 51.5 Å². The fraction of sp³-hybridized carbons (Fsp3) is 1.00. The van der Waals surface area contributed by atoms with Gasteiger partial charge in [-0.3, -0.25) is 0 Å². The fourth-order valence-electron chi connectivity index (χ4n) is 2.01. The van der Waals surface area contributed by atoms with E-state index < -0.39 is 0 Å². The first-order valence-corrected chi connectivity index (χ1v) is 6.04. The minimum Gasteiger partial charge on any atom is -0.316 e. The highest BCUT2D eigenvalue weighted by Gasteiger charge is 2.40. The molecule has 1 N–H and O–H groups in total. The van der Waals surface area contributed by atoms with Crippen molar-refractivity contribution < 1.29 is 0 Å². The maximum Gasteiger partial charge on any atom is 0.000770 e. The monoisotopic (exact) mass is 183 g/mol. The van der Waals surface area contributed by atoms with Gasteiger partial charge in [-0.15, -0.1) is 0 Å². The highest BCUT2D eigenvalue weighted by Crippen LogP contribution is 2.49. The van der Waals surface area contributed by atoms with E-state index in [-0.39, 0.29) is 0 Å². The van der Waals surface area contributed by atoms with Crippen molar-refractivity contribution in [2.24, 2.45) is 5.41 Å². The van der Waals surface area contributed by atoms with E-state index in [1.807, 2.05) is 0 Å². The maximum atomic E-state index is 3.49. The molecule has 0 aromatic rings. The van der Waals surface area contributed by atoms with Crippen molar-refractivity contribution in [2.45, 2.75) is 58.8 Å². The molecule has 1 saturated carbocycles. The number of rotatable bonds is 8. The van der Waals surface area contributed by atoms with E-state index in [1.54, 1.807) is 0 Å². The molecule has 1 aliphatic carbocycles. The molecule has 0 heterocycles. The lowest BCUT2D eigenvalue weighted by molar-refractivity contribution is 0.409. The van der Waals surface area contributed by atoms with Crippen LogP contribution in [0.1, 0.15) is 58.8 Å². The quantitative estimate of drug-likeness (QED) is 0.569. The van der Waals surface area contributed by atoms with Crippen LogP contribution in [-0.4, -0.2) is 13.1 Å². The van der Waals surface area contributed by atoms with Gasteiger partial charge < -0.3 is 5.32 Å². The minimum absolute atomic E-state index is 0.740. The van der Waals surface area contributed by atoms with Gasteiger partial charge in [-0.1, -0.05) is 39.5 Å². The molecule has 0 radical (unpaired) electrons. The van der Waals surface area contributed by atoms with Crippen LogP contribution in [0.25, 0.3) is 0 Å². The summed E-state index contributed by atoms with van der Waals surface area (Å²) in [6, 6.07) is 0. The van der Waals surface area contributed by atoms with Crippen molar-refractivity contribution >= 4 is 0 Å². The lowest BCUT2D eigenvalue weighted by Crippen LogP contribution is -2.23. The summed E-state index contributed by atoms with van der Waals surface area (Å²) in [5.74, 6) is 0. The Morgan fingerprint density at radius 2 is 1.85 bits per heavy atom. The molecule has 1 aliphatic rings. The standard InChI is InChI=1S/C12H25N/c1-3-5-6-7-8-12(9-10-12)11-13-4-2/h13H,3-11H2,1-2H3. The van der Waals surface area contributed by atoms with E-state index in [4.69, 9.17) is 0 Å². The van der Waals surface area contributed by atoms with Crippen LogP contribution in [0, 0.1) is 5.41 Å². The normalized spacial score (nSPS) is 18.9. The first kappa shape index (κ1) is 11.0. The van der Waals surface area contributed by atoms with Crippen LogP contribution in [0.15, 0.2) is 0 Å². The summed E-state index contributed by atoms with van der Waals surface area (Å²) >= 11 is 0.